The Morgan fingerprint density at radius 1 is 1.29 bits per heavy atom. The molecule has 162 valence electrons. The van der Waals surface area contributed by atoms with Gasteiger partial charge in [-0.15, -0.1) is 24.0 Å². The summed E-state index contributed by atoms with van der Waals surface area (Å²) in [6.45, 7) is 12.0. The van der Waals surface area contributed by atoms with E-state index in [0.29, 0.717) is 11.3 Å². The fourth-order valence-electron chi connectivity index (χ4n) is 4.38. The van der Waals surface area contributed by atoms with Crippen LogP contribution in [-0.2, 0) is 9.47 Å². The Labute approximate surface area is 186 Å². The van der Waals surface area contributed by atoms with Gasteiger partial charge in [-0.2, -0.15) is 0 Å². The molecule has 1 N–H and O–H groups in total. The summed E-state index contributed by atoms with van der Waals surface area (Å²) in [5.41, 5.74) is -0.115. The summed E-state index contributed by atoms with van der Waals surface area (Å²) in [5, 5.41) is 3.55. The number of carbonyl (C=O) groups is 1. The van der Waals surface area contributed by atoms with E-state index in [2.05, 4.69) is 15.2 Å². The Morgan fingerprint density at radius 3 is 2.71 bits per heavy atom. The van der Waals surface area contributed by atoms with Gasteiger partial charge in [0, 0.05) is 51.8 Å². The van der Waals surface area contributed by atoms with Crippen LogP contribution in [-0.4, -0.2) is 80.4 Å². The van der Waals surface area contributed by atoms with Gasteiger partial charge in [0.2, 0.25) is 0 Å². The SMILES string of the molecule is CN=C(NCC1CCCN(C(=O)OC(C)(C)C)C1)N1CCC2(CCOC2)C1.I. The molecule has 28 heavy (non-hydrogen) atoms. The lowest BCUT2D eigenvalue weighted by Gasteiger charge is -2.35. The molecule has 0 aromatic carbocycles. The highest BCUT2D eigenvalue weighted by molar-refractivity contribution is 14.0. The number of hydrogen-bond acceptors (Lipinski definition) is 4. The molecule has 0 radical (unpaired) electrons. The second-order valence-corrected chi connectivity index (χ2v) is 9.34. The Kier molecular flexibility index (Phi) is 8.25. The van der Waals surface area contributed by atoms with Crippen LogP contribution in [0.3, 0.4) is 0 Å². The van der Waals surface area contributed by atoms with E-state index in [0.717, 1.165) is 71.2 Å². The highest BCUT2D eigenvalue weighted by Crippen LogP contribution is 2.38. The van der Waals surface area contributed by atoms with Crippen molar-refractivity contribution < 1.29 is 14.3 Å². The van der Waals surface area contributed by atoms with Gasteiger partial charge in [0.15, 0.2) is 5.96 Å². The number of hydrogen-bond donors (Lipinski definition) is 1. The number of ether oxygens (including phenoxy) is 2. The lowest BCUT2D eigenvalue weighted by Crippen LogP contribution is -2.48. The zero-order valence-corrected chi connectivity index (χ0v) is 20.2. The van der Waals surface area contributed by atoms with Crippen LogP contribution in [0.15, 0.2) is 4.99 Å². The Hall–Kier alpha value is -0.770. The number of carbonyl (C=O) groups excluding carboxylic acids is 1. The molecule has 8 heteroatoms. The van der Waals surface area contributed by atoms with E-state index >= 15 is 0 Å². The Morgan fingerprint density at radius 2 is 2.07 bits per heavy atom. The normalized spacial score (nSPS) is 28.4. The molecule has 0 aromatic rings. The molecule has 3 aliphatic heterocycles. The number of halogens is 1. The number of aliphatic imine (C=N–C) groups is 1. The van der Waals surface area contributed by atoms with Crippen LogP contribution >= 0.6 is 24.0 Å². The molecule has 3 rings (SSSR count). The molecule has 3 saturated heterocycles. The van der Waals surface area contributed by atoms with Gasteiger partial charge >= 0.3 is 6.09 Å². The van der Waals surface area contributed by atoms with Crippen LogP contribution in [0.5, 0.6) is 0 Å². The lowest BCUT2D eigenvalue weighted by atomic mass is 9.87. The smallest absolute Gasteiger partial charge is 0.410 e. The van der Waals surface area contributed by atoms with Gasteiger partial charge in [-0.05, 0) is 52.4 Å². The van der Waals surface area contributed by atoms with Crippen LogP contribution in [0.1, 0.15) is 46.5 Å². The van der Waals surface area contributed by atoms with E-state index in [1.165, 1.54) is 6.42 Å². The molecule has 0 aromatic heterocycles. The fourth-order valence-corrected chi connectivity index (χ4v) is 4.38. The Bertz CT molecular complexity index is 558. The third-order valence-electron chi connectivity index (χ3n) is 5.85. The molecular weight excluding hydrogens is 471 g/mol. The van der Waals surface area contributed by atoms with Crippen molar-refractivity contribution in [2.24, 2.45) is 16.3 Å². The average molecular weight is 508 g/mol. The van der Waals surface area contributed by atoms with E-state index in [9.17, 15) is 4.79 Å². The van der Waals surface area contributed by atoms with Crippen LogP contribution in [0.4, 0.5) is 4.79 Å². The summed E-state index contributed by atoms with van der Waals surface area (Å²) in [4.78, 5) is 21.1. The van der Waals surface area contributed by atoms with Gasteiger partial charge in [0.05, 0.1) is 6.61 Å². The van der Waals surface area contributed by atoms with Crippen molar-refractivity contribution in [1.82, 2.24) is 15.1 Å². The van der Waals surface area contributed by atoms with E-state index in [-0.39, 0.29) is 30.1 Å². The molecule has 0 aliphatic carbocycles. The summed E-state index contributed by atoms with van der Waals surface area (Å²) in [6, 6.07) is 0. The molecule has 0 saturated carbocycles. The molecule has 7 nitrogen and oxygen atoms in total. The number of amides is 1. The minimum Gasteiger partial charge on any atom is -0.444 e. The minimum absolute atomic E-state index is 0. The zero-order chi connectivity index (χ0) is 19.5. The zero-order valence-electron chi connectivity index (χ0n) is 17.8. The molecule has 2 atom stereocenters. The first-order valence-electron chi connectivity index (χ1n) is 10.3. The van der Waals surface area contributed by atoms with Crippen molar-refractivity contribution in [1.29, 1.82) is 0 Å². The van der Waals surface area contributed by atoms with Crippen LogP contribution in [0, 0.1) is 11.3 Å². The molecule has 1 amide bonds. The van der Waals surface area contributed by atoms with Gasteiger partial charge in [0.1, 0.15) is 5.60 Å². The lowest BCUT2D eigenvalue weighted by molar-refractivity contribution is 0.0168. The fraction of sp³-hybridized carbons (Fsp3) is 0.900. The number of nitrogens with one attached hydrogen (secondary N) is 1. The van der Waals surface area contributed by atoms with Crippen molar-refractivity contribution in [3.05, 3.63) is 0 Å². The topological polar surface area (TPSA) is 66.4 Å². The van der Waals surface area contributed by atoms with Crippen molar-refractivity contribution in [2.45, 2.75) is 52.1 Å². The largest absolute Gasteiger partial charge is 0.444 e. The first kappa shape index (κ1) is 23.5. The number of rotatable bonds is 2. The second kappa shape index (κ2) is 9.82. The number of likely N-dealkylation sites (tertiary alicyclic amines) is 2. The van der Waals surface area contributed by atoms with Crippen LogP contribution in [0.25, 0.3) is 0 Å². The van der Waals surface area contributed by atoms with E-state index < -0.39 is 5.60 Å². The summed E-state index contributed by atoms with van der Waals surface area (Å²) in [6.07, 6.45) is 4.30. The third kappa shape index (κ3) is 6.11. The highest BCUT2D eigenvalue weighted by Gasteiger charge is 2.42. The quantitative estimate of drug-likeness (QED) is 0.353. The molecule has 0 bridgehead atoms. The summed E-state index contributed by atoms with van der Waals surface area (Å²) >= 11 is 0. The van der Waals surface area contributed by atoms with Crippen molar-refractivity contribution in [3.63, 3.8) is 0 Å². The second-order valence-electron chi connectivity index (χ2n) is 9.34. The van der Waals surface area contributed by atoms with Gasteiger partial charge in [-0.1, -0.05) is 0 Å². The van der Waals surface area contributed by atoms with Gasteiger partial charge < -0.3 is 24.6 Å². The predicted molar refractivity (Wildman–Crippen MR) is 121 cm³/mol. The summed E-state index contributed by atoms with van der Waals surface area (Å²) in [7, 11) is 1.85. The van der Waals surface area contributed by atoms with Gasteiger partial charge in [-0.3, -0.25) is 4.99 Å². The number of nitrogens with zero attached hydrogens (tertiary/aromatic N) is 3. The molecule has 1 spiro atoms. The van der Waals surface area contributed by atoms with Crippen LogP contribution in [0.2, 0.25) is 0 Å². The predicted octanol–water partition coefficient (Wildman–Crippen LogP) is 2.94. The first-order valence-corrected chi connectivity index (χ1v) is 10.3. The van der Waals surface area contributed by atoms with Crippen molar-refractivity contribution in [2.75, 3.05) is 53.0 Å². The molecule has 3 heterocycles. The monoisotopic (exact) mass is 508 g/mol. The maximum atomic E-state index is 12.3. The third-order valence-corrected chi connectivity index (χ3v) is 5.85. The molecule has 3 fully saturated rings. The number of guanidine groups is 1. The summed E-state index contributed by atoms with van der Waals surface area (Å²) < 4.78 is 11.2. The van der Waals surface area contributed by atoms with Crippen LogP contribution < -0.4 is 5.32 Å². The van der Waals surface area contributed by atoms with E-state index in [1.54, 1.807) is 0 Å². The van der Waals surface area contributed by atoms with Gasteiger partial charge in [0.25, 0.3) is 0 Å². The highest BCUT2D eigenvalue weighted by atomic mass is 127. The Balaban J connectivity index is 0.00000280. The first-order chi connectivity index (χ1) is 12.8. The average Bonchev–Trinajstić information content (AvgIpc) is 3.25. The molecule has 2 unspecified atom stereocenters. The number of piperidine rings is 1. The standard InChI is InChI=1S/C20H36N4O3.HI/c1-19(2,3)27-18(25)23-9-5-6-16(13-23)12-22-17(21-4)24-10-7-20(14-24)8-11-26-15-20;/h16H,5-15H2,1-4H3,(H,21,22);1H. The maximum absolute atomic E-state index is 12.3. The maximum Gasteiger partial charge on any atom is 0.410 e. The van der Waals surface area contributed by atoms with Crippen molar-refractivity contribution in [3.8, 4) is 0 Å². The summed E-state index contributed by atoms with van der Waals surface area (Å²) in [5.74, 6) is 1.41. The van der Waals surface area contributed by atoms with Crippen molar-refractivity contribution >= 4 is 36.0 Å². The van der Waals surface area contributed by atoms with Gasteiger partial charge in [-0.25, -0.2) is 4.79 Å². The van der Waals surface area contributed by atoms with E-state index in [4.69, 9.17) is 9.47 Å². The molecule has 3 aliphatic rings. The van der Waals surface area contributed by atoms with E-state index in [1.807, 2.05) is 32.7 Å². The molecular formula is C20H37IN4O3. The minimum atomic E-state index is -0.444.